The van der Waals surface area contributed by atoms with Crippen LogP contribution in [0.25, 0.3) is 11.1 Å². The van der Waals surface area contributed by atoms with E-state index in [9.17, 15) is 27.2 Å². The average molecular weight is 503 g/mol. The lowest BCUT2D eigenvalue weighted by Crippen LogP contribution is -2.52. The lowest BCUT2D eigenvalue weighted by atomic mass is 9.65. The van der Waals surface area contributed by atoms with Gasteiger partial charge >= 0.3 is 12.1 Å². The SMILES string of the molecule is CCOC(=O)C1(C2C=C[C@H](C(F)(F)F)N=C2C(=O)c2ccc(-c3ccc(F)cc3)cc2)CCNCC1. The zero-order valence-electron chi connectivity index (χ0n) is 19.6. The number of aliphatic imine (C=N–C) groups is 1. The Morgan fingerprint density at radius 1 is 1.00 bits per heavy atom. The van der Waals surface area contributed by atoms with E-state index in [2.05, 4.69) is 10.3 Å². The van der Waals surface area contributed by atoms with E-state index in [1.165, 1.54) is 30.3 Å². The van der Waals surface area contributed by atoms with Crippen molar-refractivity contribution < 1.29 is 31.9 Å². The number of alkyl halides is 3. The van der Waals surface area contributed by atoms with Gasteiger partial charge in [0.25, 0.3) is 0 Å². The van der Waals surface area contributed by atoms with Gasteiger partial charge < -0.3 is 10.1 Å². The third kappa shape index (κ3) is 5.11. The van der Waals surface area contributed by atoms with E-state index in [4.69, 9.17) is 4.74 Å². The van der Waals surface area contributed by atoms with E-state index in [0.29, 0.717) is 31.5 Å². The number of allylic oxidation sites excluding steroid dienone is 1. The third-order valence-electron chi connectivity index (χ3n) is 6.72. The minimum atomic E-state index is -4.68. The maximum atomic E-state index is 13.6. The Morgan fingerprint density at radius 2 is 1.58 bits per heavy atom. The van der Waals surface area contributed by atoms with Crippen molar-refractivity contribution in [3.8, 4) is 11.1 Å². The van der Waals surface area contributed by atoms with Crippen LogP contribution in [0.4, 0.5) is 17.6 Å². The number of carbonyl (C=O) groups is 2. The number of esters is 1. The highest BCUT2D eigenvalue weighted by Crippen LogP contribution is 2.43. The van der Waals surface area contributed by atoms with Crippen LogP contribution in [0, 0.1) is 17.2 Å². The molecule has 2 heterocycles. The van der Waals surface area contributed by atoms with Crippen molar-refractivity contribution in [2.75, 3.05) is 19.7 Å². The summed E-state index contributed by atoms with van der Waals surface area (Å²) >= 11 is 0. The number of hydrogen-bond donors (Lipinski definition) is 1. The van der Waals surface area contributed by atoms with Crippen molar-refractivity contribution in [1.82, 2.24) is 5.32 Å². The van der Waals surface area contributed by atoms with Gasteiger partial charge in [-0.2, -0.15) is 13.2 Å². The second kappa shape index (κ2) is 10.3. The number of dihydropyridines is 1. The normalized spacial score (nSPS) is 21.5. The summed E-state index contributed by atoms with van der Waals surface area (Å²) in [5, 5.41) is 3.15. The van der Waals surface area contributed by atoms with Gasteiger partial charge in [0.05, 0.1) is 17.7 Å². The van der Waals surface area contributed by atoms with Gasteiger partial charge in [-0.15, -0.1) is 0 Å². The molecule has 0 saturated carbocycles. The van der Waals surface area contributed by atoms with Crippen molar-refractivity contribution >= 4 is 17.5 Å². The van der Waals surface area contributed by atoms with Gasteiger partial charge in [-0.05, 0) is 56.1 Å². The number of Topliss-reactive ketones (excluding diaryl/α,β-unsaturated/α-hetero) is 1. The topological polar surface area (TPSA) is 67.8 Å². The van der Waals surface area contributed by atoms with Crippen molar-refractivity contribution in [3.05, 3.63) is 72.1 Å². The van der Waals surface area contributed by atoms with Crippen LogP contribution in [0.1, 0.15) is 30.1 Å². The van der Waals surface area contributed by atoms with Crippen LogP contribution < -0.4 is 5.32 Å². The number of rotatable bonds is 6. The molecule has 2 aliphatic heterocycles. The number of ether oxygens (including phenoxy) is 1. The molecule has 1 unspecified atom stereocenters. The lowest BCUT2D eigenvalue weighted by molar-refractivity contribution is -0.158. The molecule has 2 aromatic rings. The summed E-state index contributed by atoms with van der Waals surface area (Å²) < 4.78 is 59.3. The highest BCUT2D eigenvalue weighted by Gasteiger charge is 2.52. The zero-order valence-corrected chi connectivity index (χ0v) is 19.6. The van der Waals surface area contributed by atoms with E-state index >= 15 is 0 Å². The minimum Gasteiger partial charge on any atom is -0.466 e. The molecule has 1 fully saturated rings. The molecule has 0 amide bonds. The van der Waals surface area contributed by atoms with Crippen LogP contribution in [-0.2, 0) is 9.53 Å². The number of nitrogens with one attached hydrogen (secondary N) is 1. The fourth-order valence-corrected chi connectivity index (χ4v) is 4.80. The maximum Gasteiger partial charge on any atom is 0.414 e. The Morgan fingerprint density at radius 3 is 2.14 bits per heavy atom. The summed E-state index contributed by atoms with van der Waals surface area (Å²) in [4.78, 5) is 30.6. The monoisotopic (exact) mass is 502 g/mol. The van der Waals surface area contributed by atoms with Gasteiger partial charge in [-0.1, -0.05) is 48.6 Å². The van der Waals surface area contributed by atoms with Crippen LogP contribution in [-0.4, -0.2) is 49.4 Å². The number of halogens is 4. The first-order valence-electron chi connectivity index (χ1n) is 11.8. The Balaban J connectivity index is 1.72. The lowest BCUT2D eigenvalue weighted by Gasteiger charge is -2.41. The highest BCUT2D eigenvalue weighted by molar-refractivity contribution is 6.47. The van der Waals surface area contributed by atoms with Gasteiger partial charge in [0, 0.05) is 11.5 Å². The number of nitrogens with zero attached hydrogens (tertiary/aromatic N) is 1. The molecule has 1 saturated heterocycles. The predicted molar refractivity (Wildman–Crippen MR) is 127 cm³/mol. The molecule has 0 spiro atoms. The average Bonchev–Trinajstić information content (AvgIpc) is 2.88. The molecule has 0 bridgehead atoms. The summed E-state index contributed by atoms with van der Waals surface area (Å²) in [6.45, 7) is 2.69. The number of benzene rings is 2. The molecule has 190 valence electrons. The fraction of sp³-hybridized carbons (Fsp3) is 0.370. The first-order valence-corrected chi connectivity index (χ1v) is 11.8. The molecular weight excluding hydrogens is 476 g/mol. The molecule has 2 aliphatic rings. The summed E-state index contributed by atoms with van der Waals surface area (Å²) in [5.41, 5.74) is 0.0807. The van der Waals surface area contributed by atoms with E-state index in [0.717, 1.165) is 11.6 Å². The molecular formula is C27H26F4N2O3. The highest BCUT2D eigenvalue weighted by atomic mass is 19.4. The van der Waals surface area contributed by atoms with Gasteiger partial charge in [-0.3, -0.25) is 14.6 Å². The Kier molecular flexibility index (Phi) is 7.40. The minimum absolute atomic E-state index is 0.112. The molecule has 0 radical (unpaired) electrons. The Hall–Kier alpha value is -3.33. The van der Waals surface area contributed by atoms with Crippen LogP contribution in [0.5, 0.6) is 0 Å². The third-order valence-corrected chi connectivity index (χ3v) is 6.72. The van der Waals surface area contributed by atoms with E-state index < -0.39 is 35.3 Å². The van der Waals surface area contributed by atoms with Crippen LogP contribution in [0.15, 0.2) is 65.7 Å². The van der Waals surface area contributed by atoms with Crippen molar-refractivity contribution in [1.29, 1.82) is 0 Å². The van der Waals surface area contributed by atoms with Gasteiger partial charge in [-0.25, -0.2) is 4.39 Å². The zero-order chi connectivity index (χ0) is 25.9. The number of hydrogen-bond acceptors (Lipinski definition) is 5. The summed E-state index contributed by atoms with van der Waals surface area (Å²) in [6.07, 6.45) is -1.86. The van der Waals surface area contributed by atoms with E-state index in [1.807, 2.05) is 0 Å². The first-order chi connectivity index (χ1) is 17.2. The summed E-state index contributed by atoms with van der Waals surface area (Å²) in [5.74, 6) is -2.56. The number of ketones is 1. The molecule has 0 aliphatic carbocycles. The summed E-state index contributed by atoms with van der Waals surface area (Å²) in [7, 11) is 0. The molecule has 1 N–H and O–H groups in total. The van der Waals surface area contributed by atoms with Crippen molar-refractivity contribution in [3.63, 3.8) is 0 Å². The van der Waals surface area contributed by atoms with E-state index in [1.54, 1.807) is 31.2 Å². The first kappa shape index (κ1) is 25.8. The predicted octanol–water partition coefficient (Wildman–Crippen LogP) is 5.17. The molecule has 0 aromatic heterocycles. The van der Waals surface area contributed by atoms with Crippen LogP contribution in [0.2, 0.25) is 0 Å². The van der Waals surface area contributed by atoms with Gasteiger partial charge in [0.15, 0.2) is 6.04 Å². The maximum absolute atomic E-state index is 13.6. The van der Waals surface area contributed by atoms with Gasteiger partial charge in [0.2, 0.25) is 5.78 Å². The molecule has 2 aromatic carbocycles. The van der Waals surface area contributed by atoms with Gasteiger partial charge in [0.1, 0.15) is 5.82 Å². The second-order valence-electron chi connectivity index (χ2n) is 8.90. The fourth-order valence-electron chi connectivity index (χ4n) is 4.80. The second-order valence-corrected chi connectivity index (χ2v) is 8.90. The molecule has 2 atom stereocenters. The number of piperidine rings is 1. The number of carbonyl (C=O) groups excluding carboxylic acids is 2. The summed E-state index contributed by atoms with van der Waals surface area (Å²) in [6, 6.07) is 9.91. The Labute approximate surface area is 206 Å². The quantitative estimate of drug-likeness (QED) is 0.256. The van der Waals surface area contributed by atoms with E-state index in [-0.39, 0.29) is 23.7 Å². The smallest absolute Gasteiger partial charge is 0.414 e. The largest absolute Gasteiger partial charge is 0.466 e. The standard InChI is InChI=1S/C27H26F4N2O3/c1-2-36-25(35)26(13-15-32-16-14-26)21-11-12-22(27(29,30)31)33-23(21)24(34)19-5-3-17(4-6-19)18-7-9-20(28)10-8-18/h3-12,21-22,32H,2,13-16H2,1H3/t21?,22-/m1/s1. The molecule has 5 nitrogen and oxygen atoms in total. The van der Waals surface area contributed by atoms with Crippen LogP contribution in [0.3, 0.4) is 0 Å². The van der Waals surface area contributed by atoms with Crippen LogP contribution >= 0.6 is 0 Å². The molecule has 4 rings (SSSR count). The molecule has 9 heteroatoms. The van der Waals surface area contributed by atoms with Crippen molar-refractivity contribution in [2.24, 2.45) is 16.3 Å². The Bertz CT molecular complexity index is 1170. The van der Waals surface area contributed by atoms with Crippen molar-refractivity contribution in [2.45, 2.75) is 32.0 Å². The molecule has 36 heavy (non-hydrogen) atoms.